The van der Waals surface area contributed by atoms with Gasteiger partial charge >= 0.3 is 5.97 Å². The van der Waals surface area contributed by atoms with Crippen LogP contribution in [0.1, 0.15) is 10.4 Å². The van der Waals surface area contributed by atoms with Gasteiger partial charge in [-0.05, 0) is 18.2 Å². The molecule has 0 aliphatic carbocycles. The van der Waals surface area contributed by atoms with Crippen LogP contribution in [0.25, 0.3) is 0 Å². The van der Waals surface area contributed by atoms with E-state index in [4.69, 9.17) is 9.84 Å². The quantitative estimate of drug-likeness (QED) is 0.930. The Kier molecular flexibility index (Phi) is 3.84. The summed E-state index contributed by atoms with van der Waals surface area (Å²) in [5.74, 6) is -1.74. The molecule has 2 rings (SSSR count). The number of ether oxygens (including phenoxy) is 1. The number of carbonyl (C=O) groups is 1. The van der Waals surface area contributed by atoms with Gasteiger partial charge in [-0.1, -0.05) is 6.07 Å². The molecule has 1 aromatic heterocycles. The van der Waals surface area contributed by atoms with E-state index in [2.05, 4.69) is 4.98 Å². The van der Waals surface area contributed by atoms with Crippen LogP contribution in [0.5, 0.6) is 11.6 Å². The molecule has 0 amide bonds. The zero-order valence-corrected chi connectivity index (χ0v) is 11.0. The largest absolute Gasteiger partial charge is 0.477 e. The van der Waals surface area contributed by atoms with Crippen LogP contribution in [0.4, 0.5) is 10.1 Å². The van der Waals surface area contributed by atoms with Crippen molar-refractivity contribution in [3.63, 3.8) is 0 Å². The average molecular weight is 276 g/mol. The van der Waals surface area contributed by atoms with Gasteiger partial charge in [0, 0.05) is 25.8 Å². The SMILES string of the molecule is CN(C)c1cccc(Oc2ncc(F)cc2C(=O)O)c1. The van der Waals surface area contributed by atoms with Gasteiger partial charge in [0.2, 0.25) is 5.88 Å². The minimum absolute atomic E-state index is 0.144. The van der Waals surface area contributed by atoms with Crippen LogP contribution in [0.3, 0.4) is 0 Å². The molecule has 1 N–H and O–H groups in total. The van der Waals surface area contributed by atoms with Crippen LogP contribution < -0.4 is 9.64 Å². The number of aromatic carboxylic acids is 1. The molecule has 0 bridgehead atoms. The van der Waals surface area contributed by atoms with Crippen molar-refractivity contribution in [3.8, 4) is 11.6 Å². The highest BCUT2D eigenvalue weighted by Gasteiger charge is 2.15. The third kappa shape index (κ3) is 3.03. The van der Waals surface area contributed by atoms with Gasteiger partial charge in [0.1, 0.15) is 17.1 Å². The van der Waals surface area contributed by atoms with E-state index in [1.807, 2.05) is 25.1 Å². The average Bonchev–Trinajstić information content (AvgIpc) is 2.41. The molecule has 0 fully saturated rings. The predicted octanol–water partition coefficient (Wildman–Crippen LogP) is 2.78. The molecule has 0 aliphatic heterocycles. The number of pyridine rings is 1. The highest BCUT2D eigenvalue weighted by Crippen LogP contribution is 2.26. The number of hydrogen-bond acceptors (Lipinski definition) is 4. The van der Waals surface area contributed by atoms with Crippen LogP contribution in [0.2, 0.25) is 0 Å². The van der Waals surface area contributed by atoms with Crippen molar-refractivity contribution < 1.29 is 19.0 Å². The fourth-order valence-corrected chi connectivity index (χ4v) is 1.60. The fourth-order valence-electron chi connectivity index (χ4n) is 1.60. The Morgan fingerprint density at radius 2 is 2.10 bits per heavy atom. The minimum Gasteiger partial charge on any atom is -0.477 e. The molecule has 0 spiro atoms. The number of rotatable bonds is 4. The van der Waals surface area contributed by atoms with Gasteiger partial charge in [0.15, 0.2) is 0 Å². The second kappa shape index (κ2) is 5.56. The van der Waals surface area contributed by atoms with Crippen molar-refractivity contribution in [1.82, 2.24) is 4.98 Å². The number of benzene rings is 1. The molecule has 1 aromatic carbocycles. The molecule has 5 nitrogen and oxygen atoms in total. The Morgan fingerprint density at radius 3 is 2.75 bits per heavy atom. The van der Waals surface area contributed by atoms with Gasteiger partial charge in [-0.3, -0.25) is 0 Å². The van der Waals surface area contributed by atoms with Crippen molar-refractivity contribution in [2.75, 3.05) is 19.0 Å². The lowest BCUT2D eigenvalue weighted by Crippen LogP contribution is -2.08. The number of carboxylic acids is 1. The molecule has 0 saturated carbocycles. The van der Waals surface area contributed by atoms with Crippen molar-refractivity contribution in [2.45, 2.75) is 0 Å². The van der Waals surface area contributed by atoms with E-state index in [0.29, 0.717) is 5.75 Å². The number of nitrogens with zero attached hydrogens (tertiary/aromatic N) is 2. The Bertz CT molecular complexity index is 644. The molecule has 20 heavy (non-hydrogen) atoms. The van der Waals surface area contributed by atoms with Crippen LogP contribution >= 0.6 is 0 Å². The summed E-state index contributed by atoms with van der Waals surface area (Å²) in [4.78, 5) is 16.6. The van der Waals surface area contributed by atoms with Crippen LogP contribution in [-0.4, -0.2) is 30.2 Å². The second-order valence-corrected chi connectivity index (χ2v) is 4.31. The summed E-state index contributed by atoms with van der Waals surface area (Å²) in [6.45, 7) is 0. The minimum atomic E-state index is -1.30. The molecule has 0 saturated heterocycles. The van der Waals surface area contributed by atoms with E-state index >= 15 is 0 Å². The van der Waals surface area contributed by atoms with Crippen LogP contribution in [0.15, 0.2) is 36.5 Å². The van der Waals surface area contributed by atoms with Crippen molar-refractivity contribution in [2.24, 2.45) is 0 Å². The summed E-state index contributed by atoms with van der Waals surface area (Å²) in [5.41, 5.74) is 0.571. The summed E-state index contributed by atoms with van der Waals surface area (Å²) in [6, 6.07) is 7.93. The first kappa shape index (κ1) is 13.8. The van der Waals surface area contributed by atoms with E-state index in [1.54, 1.807) is 18.2 Å². The first-order valence-electron chi connectivity index (χ1n) is 5.81. The molecule has 0 unspecified atom stereocenters. The lowest BCUT2D eigenvalue weighted by Gasteiger charge is -2.14. The van der Waals surface area contributed by atoms with Crippen LogP contribution in [-0.2, 0) is 0 Å². The zero-order chi connectivity index (χ0) is 14.7. The van der Waals surface area contributed by atoms with E-state index in [9.17, 15) is 9.18 Å². The molecule has 6 heteroatoms. The number of anilines is 1. The summed E-state index contributed by atoms with van der Waals surface area (Å²) in [6.07, 6.45) is 0.914. The lowest BCUT2D eigenvalue weighted by atomic mass is 10.2. The molecule has 0 radical (unpaired) electrons. The Morgan fingerprint density at radius 1 is 1.35 bits per heavy atom. The molecule has 104 valence electrons. The molecular formula is C14H13FN2O3. The second-order valence-electron chi connectivity index (χ2n) is 4.31. The lowest BCUT2D eigenvalue weighted by molar-refractivity contribution is 0.0692. The van der Waals surface area contributed by atoms with Gasteiger partial charge in [-0.25, -0.2) is 14.2 Å². The molecule has 1 heterocycles. The normalized spacial score (nSPS) is 10.2. The molecule has 2 aromatic rings. The third-order valence-electron chi connectivity index (χ3n) is 2.60. The Labute approximate surface area is 115 Å². The fraction of sp³-hybridized carbons (Fsp3) is 0.143. The van der Waals surface area contributed by atoms with E-state index in [-0.39, 0.29) is 11.4 Å². The highest BCUT2D eigenvalue weighted by molar-refractivity contribution is 5.90. The van der Waals surface area contributed by atoms with E-state index in [1.165, 1.54) is 0 Å². The van der Waals surface area contributed by atoms with E-state index in [0.717, 1.165) is 18.0 Å². The number of halogens is 1. The maximum Gasteiger partial charge on any atom is 0.341 e. The predicted molar refractivity (Wildman–Crippen MR) is 72.0 cm³/mol. The Hall–Kier alpha value is -2.63. The van der Waals surface area contributed by atoms with Crippen LogP contribution in [0, 0.1) is 5.82 Å². The van der Waals surface area contributed by atoms with Gasteiger partial charge in [0.25, 0.3) is 0 Å². The Balaban J connectivity index is 2.35. The van der Waals surface area contributed by atoms with Gasteiger partial charge in [0.05, 0.1) is 6.20 Å². The highest BCUT2D eigenvalue weighted by atomic mass is 19.1. The topological polar surface area (TPSA) is 62.7 Å². The first-order chi connectivity index (χ1) is 9.47. The maximum absolute atomic E-state index is 13.0. The number of carboxylic acid groups (broad SMARTS) is 1. The molecule has 0 atom stereocenters. The summed E-state index contributed by atoms with van der Waals surface area (Å²) in [7, 11) is 3.75. The molecule has 0 aliphatic rings. The number of aromatic nitrogens is 1. The standard InChI is InChI=1S/C14H13FN2O3/c1-17(2)10-4-3-5-11(7-10)20-13-12(14(18)19)6-9(15)8-16-13/h3-8H,1-2H3,(H,18,19). The van der Waals surface area contributed by atoms with Gasteiger partial charge < -0.3 is 14.7 Å². The monoisotopic (exact) mass is 276 g/mol. The summed E-state index contributed by atoms with van der Waals surface area (Å²) >= 11 is 0. The van der Waals surface area contributed by atoms with Gasteiger partial charge in [-0.2, -0.15) is 0 Å². The van der Waals surface area contributed by atoms with Crippen molar-refractivity contribution in [1.29, 1.82) is 0 Å². The van der Waals surface area contributed by atoms with Crippen molar-refractivity contribution >= 4 is 11.7 Å². The number of hydrogen-bond donors (Lipinski definition) is 1. The maximum atomic E-state index is 13.0. The smallest absolute Gasteiger partial charge is 0.341 e. The zero-order valence-electron chi connectivity index (χ0n) is 11.0. The van der Waals surface area contributed by atoms with Gasteiger partial charge in [-0.15, -0.1) is 0 Å². The van der Waals surface area contributed by atoms with Crippen molar-refractivity contribution in [3.05, 3.63) is 47.9 Å². The van der Waals surface area contributed by atoms with E-state index < -0.39 is 11.8 Å². The first-order valence-corrected chi connectivity index (χ1v) is 5.81. The summed E-state index contributed by atoms with van der Waals surface area (Å²) in [5, 5.41) is 9.02. The molecular weight excluding hydrogens is 263 g/mol. The summed E-state index contributed by atoms with van der Waals surface area (Å²) < 4.78 is 18.5. The third-order valence-corrected chi connectivity index (χ3v) is 2.60.